The largest absolute Gasteiger partial charge is 0.463 e. The Labute approximate surface area is 182 Å². The van der Waals surface area contributed by atoms with Gasteiger partial charge in [-0.3, -0.25) is 4.79 Å². The number of aliphatic hydroxyl groups is 2. The average Bonchev–Trinajstić information content (AvgIpc) is 2.99. The van der Waals surface area contributed by atoms with Crippen LogP contribution in [0.4, 0.5) is 0 Å². The molecule has 2 N–H and O–H groups in total. The Morgan fingerprint density at radius 3 is 2.00 bits per heavy atom. The number of hydrogen-bond donors (Lipinski definition) is 2. The molecule has 29 heavy (non-hydrogen) atoms. The van der Waals surface area contributed by atoms with Gasteiger partial charge in [0, 0.05) is 6.42 Å². The summed E-state index contributed by atoms with van der Waals surface area (Å²) in [7, 11) is 0. The maximum Gasteiger partial charge on any atom is 0.305 e. The van der Waals surface area contributed by atoms with Gasteiger partial charge in [0.25, 0.3) is 0 Å². The molecule has 5 nitrogen and oxygen atoms in total. The Hall–Kier alpha value is -0.300. The third-order valence-corrected chi connectivity index (χ3v) is 6.73. The van der Waals surface area contributed by atoms with Crippen LogP contribution < -0.4 is 0 Å². The molecule has 0 saturated carbocycles. The Morgan fingerprint density at radius 1 is 0.828 bits per heavy atom. The van der Waals surface area contributed by atoms with Crippen molar-refractivity contribution in [3.8, 4) is 0 Å². The van der Waals surface area contributed by atoms with Crippen LogP contribution in [0.2, 0.25) is 0 Å². The lowest BCUT2D eigenvalue weighted by molar-refractivity contribution is -0.148. The van der Waals surface area contributed by atoms with Crippen molar-refractivity contribution in [2.24, 2.45) is 0 Å². The van der Waals surface area contributed by atoms with Gasteiger partial charge in [-0.2, -0.15) is 0 Å². The highest BCUT2D eigenvalue weighted by molar-refractivity contribution is 7.99. The van der Waals surface area contributed by atoms with Gasteiger partial charge in [0.2, 0.25) is 0 Å². The summed E-state index contributed by atoms with van der Waals surface area (Å²) in [4.78, 5) is 11.9. The normalized spacial score (nSPS) is 24.1. The van der Waals surface area contributed by atoms with E-state index < -0.39 is 23.7 Å². The van der Waals surface area contributed by atoms with Crippen molar-refractivity contribution in [1.29, 1.82) is 0 Å². The third kappa shape index (κ3) is 12.2. The molecule has 0 aromatic heterocycles. The van der Waals surface area contributed by atoms with Crippen LogP contribution >= 0.6 is 11.8 Å². The van der Waals surface area contributed by atoms with Crippen molar-refractivity contribution in [3.05, 3.63) is 0 Å². The first-order valence-electron chi connectivity index (χ1n) is 11.9. The molecule has 1 rings (SSSR count). The fourth-order valence-electron chi connectivity index (χ4n) is 3.55. The standard InChI is InChI=1S/C23H44O5S/c1-3-5-7-9-11-12-14-16-20(24)27-18-19-21(25)22(26)23(28-19)29-17-15-13-10-8-6-4-2/h19,21-23,25-26H,3-18H2,1-2H3. The van der Waals surface area contributed by atoms with E-state index in [9.17, 15) is 15.0 Å². The molecule has 1 saturated heterocycles. The van der Waals surface area contributed by atoms with Gasteiger partial charge in [-0.15, -0.1) is 11.8 Å². The van der Waals surface area contributed by atoms with Crippen LogP contribution in [0.1, 0.15) is 104 Å². The highest BCUT2D eigenvalue weighted by Gasteiger charge is 2.43. The lowest BCUT2D eigenvalue weighted by Gasteiger charge is -2.14. The molecule has 1 aliphatic heterocycles. The SMILES string of the molecule is CCCCCCCCCC(=O)OCC1OC(SCCCCCCCC)C(O)C1O. The molecule has 6 heteroatoms. The number of ether oxygens (including phenoxy) is 2. The summed E-state index contributed by atoms with van der Waals surface area (Å²) in [5, 5.41) is 20.4. The van der Waals surface area contributed by atoms with E-state index >= 15 is 0 Å². The van der Waals surface area contributed by atoms with E-state index in [4.69, 9.17) is 9.47 Å². The summed E-state index contributed by atoms with van der Waals surface area (Å²) in [6.45, 7) is 4.43. The van der Waals surface area contributed by atoms with Crippen LogP contribution in [-0.2, 0) is 14.3 Å². The molecule has 0 spiro atoms. The Balaban J connectivity index is 2.09. The summed E-state index contributed by atoms with van der Waals surface area (Å²) in [5.74, 6) is 0.665. The lowest BCUT2D eigenvalue weighted by atomic mass is 10.1. The number of carbonyl (C=O) groups excluding carboxylic acids is 1. The summed E-state index contributed by atoms with van der Waals surface area (Å²) in [6, 6.07) is 0. The summed E-state index contributed by atoms with van der Waals surface area (Å²) in [6.07, 6.45) is 13.3. The first-order chi connectivity index (χ1) is 14.1. The molecule has 0 aliphatic carbocycles. The van der Waals surface area contributed by atoms with Crippen molar-refractivity contribution in [2.75, 3.05) is 12.4 Å². The van der Waals surface area contributed by atoms with E-state index in [1.54, 1.807) is 11.8 Å². The van der Waals surface area contributed by atoms with Crippen molar-refractivity contribution in [2.45, 2.75) is 127 Å². The van der Waals surface area contributed by atoms with Crippen LogP contribution in [0.3, 0.4) is 0 Å². The summed E-state index contributed by atoms with van der Waals surface area (Å²) in [5.41, 5.74) is -0.438. The Bertz CT molecular complexity index is 407. The number of rotatable bonds is 18. The first kappa shape index (κ1) is 26.7. The molecule has 1 aliphatic rings. The van der Waals surface area contributed by atoms with E-state index in [-0.39, 0.29) is 12.6 Å². The number of esters is 1. The fourth-order valence-corrected chi connectivity index (χ4v) is 4.73. The molecule has 0 amide bonds. The Morgan fingerprint density at radius 2 is 1.38 bits per heavy atom. The number of aliphatic hydroxyl groups excluding tert-OH is 2. The van der Waals surface area contributed by atoms with Crippen LogP contribution in [-0.4, -0.2) is 52.3 Å². The van der Waals surface area contributed by atoms with E-state index in [2.05, 4.69) is 13.8 Å². The van der Waals surface area contributed by atoms with Crippen molar-refractivity contribution in [1.82, 2.24) is 0 Å². The molecule has 0 aromatic carbocycles. The van der Waals surface area contributed by atoms with Gasteiger partial charge in [-0.1, -0.05) is 84.5 Å². The second kappa shape index (κ2) is 17.4. The quantitative estimate of drug-likeness (QED) is 0.229. The van der Waals surface area contributed by atoms with Crippen LogP contribution in [0, 0.1) is 0 Å². The molecular weight excluding hydrogens is 388 g/mol. The lowest BCUT2D eigenvalue weighted by Crippen LogP contribution is -2.34. The van der Waals surface area contributed by atoms with E-state index in [1.165, 1.54) is 64.2 Å². The zero-order valence-corrected chi connectivity index (χ0v) is 19.5. The number of hydrogen-bond acceptors (Lipinski definition) is 6. The van der Waals surface area contributed by atoms with Gasteiger partial charge in [-0.05, 0) is 18.6 Å². The number of thioether (sulfide) groups is 1. The molecule has 4 unspecified atom stereocenters. The van der Waals surface area contributed by atoms with Crippen molar-refractivity contribution < 1.29 is 24.5 Å². The molecule has 1 fully saturated rings. The predicted molar refractivity (Wildman–Crippen MR) is 120 cm³/mol. The minimum Gasteiger partial charge on any atom is -0.463 e. The van der Waals surface area contributed by atoms with Gasteiger partial charge in [0.15, 0.2) is 0 Å². The summed E-state index contributed by atoms with van der Waals surface area (Å²) >= 11 is 1.55. The molecule has 0 radical (unpaired) electrons. The molecular formula is C23H44O5S. The third-order valence-electron chi connectivity index (χ3n) is 5.49. The minimum absolute atomic E-state index is 0.0155. The van der Waals surface area contributed by atoms with Crippen LogP contribution in [0.5, 0.6) is 0 Å². The van der Waals surface area contributed by atoms with Crippen LogP contribution in [0.25, 0.3) is 0 Å². The van der Waals surface area contributed by atoms with Crippen molar-refractivity contribution in [3.63, 3.8) is 0 Å². The fraction of sp³-hybridized carbons (Fsp3) is 0.957. The topological polar surface area (TPSA) is 76.0 Å². The van der Waals surface area contributed by atoms with Gasteiger partial charge >= 0.3 is 5.97 Å². The van der Waals surface area contributed by atoms with Crippen LogP contribution in [0.15, 0.2) is 0 Å². The second-order valence-corrected chi connectivity index (χ2v) is 9.42. The molecule has 0 aromatic rings. The smallest absolute Gasteiger partial charge is 0.305 e. The van der Waals surface area contributed by atoms with Gasteiger partial charge in [0.05, 0.1) is 0 Å². The Kier molecular flexibility index (Phi) is 16.0. The average molecular weight is 433 g/mol. The van der Waals surface area contributed by atoms with Crippen molar-refractivity contribution >= 4 is 17.7 Å². The maximum absolute atomic E-state index is 11.9. The molecule has 1 heterocycles. The zero-order valence-electron chi connectivity index (χ0n) is 18.7. The predicted octanol–water partition coefficient (Wildman–Crippen LogP) is 5.21. The monoisotopic (exact) mass is 432 g/mol. The maximum atomic E-state index is 11.9. The molecule has 172 valence electrons. The molecule has 0 bridgehead atoms. The highest BCUT2D eigenvalue weighted by atomic mass is 32.2. The van der Waals surface area contributed by atoms with Gasteiger partial charge in [0.1, 0.15) is 30.4 Å². The van der Waals surface area contributed by atoms with Gasteiger partial charge < -0.3 is 19.7 Å². The zero-order chi connectivity index (χ0) is 21.3. The van der Waals surface area contributed by atoms with E-state index in [0.29, 0.717) is 6.42 Å². The van der Waals surface area contributed by atoms with E-state index in [1.807, 2.05) is 0 Å². The number of carbonyl (C=O) groups is 1. The number of unbranched alkanes of at least 4 members (excludes halogenated alkanes) is 11. The van der Waals surface area contributed by atoms with E-state index in [0.717, 1.165) is 25.0 Å². The highest BCUT2D eigenvalue weighted by Crippen LogP contribution is 2.30. The first-order valence-corrected chi connectivity index (χ1v) is 12.9. The molecule has 4 atom stereocenters. The second-order valence-electron chi connectivity index (χ2n) is 8.22. The van der Waals surface area contributed by atoms with Gasteiger partial charge in [-0.25, -0.2) is 0 Å². The summed E-state index contributed by atoms with van der Waals surface area (Å²) < 4.78 is 11.0. The minimum atomic E-state index is -0.997.